The summed E-state index contributed by atoms with van der Waals surface area (Å²) in [5.41, 5.74) is 0.505. The summed E-state index contributed by atoms with van der Waals surface area (Å²) in [5.74, 6) is 0.562. The molecule has 0 saturated heterocycles. The molecule has 0 spiro atoms. The van der Waals surface area contributed by atoms with E-state index in [1.807, 2.05) is 13.8 Å². The Hall–Kier alpha value is -1.99. The highest BCUT2D eigenvalue weighted by Gasteiger charge is 2.14. The van der Waals surface area contributed by atoms with Crippen LogP contribution < -0.4 is 4.74 Å². The van der Waals surface area contributed by atoms with E-state index in [0.29, 0.717) is 5.89 Å². The maximum atomic E-state index is 13.3. The average Bonchev–Trinajstić information content (AvgIpc) is 2.94. The molecule has 0 aliphatic rings. The summed E-state index contributed by atoms with van der Waals surface area (Å²) < 4.78 is 24.2. The molecule has 6 nitrogen and oxygen atoms in total. The second-order valence-electron chi connectivity index (χ2n) is 4.85. The summed E-state index contributed by atoms with van der Waals surface area (Å²) in [6.07, 6.45) is 0. The molecule has 0 unspecified atom stereocenters. The van der Waals surface area contributed by atoms with Crippen molar-refractivity contribution in [1.29, 1.82) is 0 Å². The second-order valence-corrected chi connectivity index (χ2v) is 4.85. The Morgan fingerprint density at radius 1 is 1.19 bits per heavy atom. The van der Waals surface area contributed by atoms with Gasteiger partial charge in [-0.3, -0.25) is 0 Å². The number of ether oxygens (including phenoxy) is 1. The Morgan fingerprint density at radius 2 is 1.81 bits per heavy atom. The van der Waals surface area contributed by atoms with Crippen molar-refractivity contribution in [2.75, 3.05) is 0 Å². The molecule has 114 valence electrons. The van der Waals surface area contributed by atoms with Crippen molar-refractivity contribution >= 4 is 0 Å². The smallest absolute Gasteiger partial charge is 0.253 e. The van der Waals surface area contributed by atoms with Gasteiger partial charge in [0.15, 0.2) is 6.61 Å². The van der Waals surface area contributed by atoms with E-state index in [2.05, 4.69) is 10.2 Å². The van der Waals surface area contributed by atoms with Gasteiger partial charge in [-0.15, -0.1) is 10.2 Å². The highest BCUT2D eigenvalue weighted by atomic mass is 19.1. The fraction of sp³-hybridized carbons (Fsp3) is 0.429. The summed E-state index contributed by atoms with van der Waals surface area (Å²) in [4.78, 5) is 0. The van der Waals surface area contributed by atoms with Crippen LogP contribution in [0.5, 0.6) is 5.75 Å². The van der Waals surface area contributed by atoms with Gasteiger partial charge in [-0.05, 0) is 12.1 Å². The lowest BCUT2D eigenvalue weighted by Gasteiger charge is -2.13. The normalized spacial score (nSPS) is 11.1. The summed E-state index contributed by atoms with van der Waals surface area (Å²) in [6, 6.07) is 2.31. The molecule has 1 aromatic carbocycles. The Bertz CT molecular complexity index is 588. The predicted octanol–water partition coefficient (Wildman–Crippen LogP) is 1.90. The van der Waals surface area contributed by atoms with Gasteiger partial charge < -0.3 is 19.4 Å². The molecule has 2 rings (SSSR count). The molecule has 0 aliphatic heterocycles. The van der Waals surface area contributed by atoms with E-state index in [1.165, 1.54) is 0 Å². The summed E-state index contributed by atoms with van der Waals surface area (Å²) >= 11 is 0. The van der Waals surface area contributed by atoms with E-state index in [1.54, 1.807) is 0 Å². The highest BCUT2D eigenvalue weighted by molar-refractivity contribution is 5.41. The monoisotopic (exact) mass is 296 g/mol. The minimum absolute atomic E-state index is 0.0225. The highest BCUT2D eigenvalue weighted by Crippen LogP contribution is 2.27. The minimum Gasteiger partial charge on any atom is -0.483 e. The van der Waals surface area contributed by atoms with Gasteiger partial charge >= 0.3 is 0 Å². The van der Waals surface area contributed by atoms with Crippen LogP contribution in [0.4, 0.5) is 4.39 Å². The summed E-state index contributed by atoms with van der Waals surface area (Å²) in [5, 5.41) is 26.2. The van der Waals surface area contributed by atoms with Crippen molar-refractivity contribution in [1.82, 2.24) is 10.2 Å². The SMILES string of the molecule is CC(C)c1nnc(COc2c(CO)cc(F)cc2CO)o1. The molecular formula is C14H17FN2O4. The zero-order valence-corrected chi connectivity index (χ0v) is 11.8. The lowest BCUT2D eigenvalue weighted by atomic mass is 10.1. The van der Waals surface area contributed by atoms with Gasteiger partial charge in [-0.2, -0.15) is 0 Å². The van der Waals surface area contributed by atoms with E-state index in [9.17, 15) is 14.6 Å². The molecule has 2 N–H and O–H groups in total. The van der Waals surface area contributed by atoms with E-state index >= 15 is 0 Å². The number of hydrogen-bond donors (Lipinski definition) is 2. The molecule has 0 amide bonds. The maximum absolute atomic E-state index is 13.3. The third kappa shape index (κ3) is 3.56. The van der Waals surface area contributed by atoms with Crippen LogP contribution in [0, 0.1) is 5.82 Å². The first-order valence-corrected chi connectivity index (χ1v) is 6.53. The van der Waals surface area contributed by atoms with Crippen LogP contribution in [-0.4, -0.2) is 20.4 Å². The molecule has 0 fully saturated rings. The number of aliphatic hydroxyl groups is 2. The number of halogens is 1. The van der Waals surface area contributed by atoms with Gasteiger partial charge in [0, 0.05) is 17.0 Å². The van der Waals surface area contributed by atoms with Crippen molar-refractivity contribution < 1.29 is 23.8 Å². The first-order valence-electron chi connectivity index (χ1n) is 6.53. The van der Waals surface area contributed by atoms with E-state index in [-0.39, 0.29) is 35.3 Å². The first-order chi connectivity index (χ1) is 10.0. The fourth-order valence-electron chi connectivity index (χ4n) is 1.82. The van der Waals surface area contributed by atoms with Crippen molar-refractivity contribution in [2.24, 2.45) is 0 Å². The molecular weight excluding hydrogens is 279 g/mol. The zero-order chi connectivity index (χ0) is 15.4. The molecule has 0 saturated carbocycles. The lowest BCUT2D eigenvalue weighted by molar-refractivity contribution is 0.223. The van der Waals surface area contributed by atoms with Crippen LogP contribution in [0.25, 0.3) is 0 Å². The van der Waals surface area contributed by atoms with Crippen LogP contribution in [0.15, 0.2) is 16.5 Å². The van der Waals surface area contributed by atoms with E-state index in [0.717, 1.165) is 12.1 Å². The molecule has 1 heterocycles. The number of benzene rings is 1. The Kier molecular flexibility index (Phi) is 4.87. The fourth-order valence-corrected chi connectivity index (χ4v) is 1.82. The van der Waals surface area contributed by atoms with Gasteiger partial charge in [0.25, 0.3) is 5.89 Å². The third-order valence-electron chi connectivity index (χ3n) is 2.86. The molecule has 0 radical (unpaired) electrons. The van der Waals surface area contributed by atoms with Crippen molar-refractivity contribution in [3.8, 4) is 5.75 Å². The van der Waals surface area contributed by atoms with E-state index < -0.39 is 19.0 Å². The number of aromatic nitrogens is 2. The molecule has 0 bridgehead atoms. The van der Waals surface area contributed by atoms with E-state index in [4.69, 9.17) is 9.15 Å². The van der Waals surface area contributed by atoms with Crippen LogP contribution in [0.3, 0.4) is 0 Å². The number of rotatable bonds is 6. The Labute approximate surface area is 121 Å². The number of nitrogens with zero attached hydrogens (tertiary/aromatic N) is 2. The molecule has 7 heteroatoms. The first kappa shape index (κ1) is 15.4. The zero-order valence-electron chi connectivity index (χ0n) is 11.8. The topological polar surface area (TPSA) is 88.6 Å². The Balaban J connectivity index is 2.18. The van der Waals surface area contributed by atoms with Gasteiger partial charge in [-0.25, -0.2) is 4.39 Å². The molecule has 0 atom stereocenters. The van der Waals surface area contributed by atoms with Crippen molar-refractivity contribution in [2.45, 2.75) is 39.6 Å². The lowest BCUT2D eigenvalue weighted by Crippen LogP contribution is -2.04. The van der Waals surface area contributed by atoms with Crippen LogP contribution >= 0.6 is 0 Å². The Morgan fingerprint density at radius 3 is 2.29 bits per heavy atom. The largest absolute Gasteiger partial charge is 0.483 e. The number of hydrogen-bond acceptors (Lipinski definition) is 6. The minimum atomic E-state index is -0.546. The van der Waals surface area contributed by atoms with Crippen LogP contribution in [0.1, 0.15) is 42.7 Å². The maximum Gasteiger partial charge on any atom is 0.253 e. The number of aliphatic hydroxyl groups excluding tert-OH is 2. The van der Waals surface area contributed by atoms with Gasteiger partial charge in [0.1, 0.15) is 11.6 Å². The van der Waals surface area contributed by atoms with Crippen molar-refractivity contribution in [3.05, 3.63) is 40.9 Å². The average molecular weight is 296 g/mol. The molecule has 21 heavy (non-hydrogen) atoms. The van der Waals surface area contributed by atoms with Crippen molar-refractivity contribution in [3.63, 3.8) is 0 Å². The van der Waals surface area contributed by atoms with Gasteiger partial charge in [-0.1, -0.05) is 13.8 Å². The predicted molar refractivity (Wildman–Crippen MR) is 71.0 cm³/mol. The third-order valence-corrected chi connectivity index (χ3v) is 2.86. The summed E-state index contributed by atoms with van der Waals surface area (Å²) in [6.45, 7) is 3.02. The quantitative estimate of drug-likeness (QED) is 0.846. The second kappa shape index (κ2) is 6.64. The molecule has 0 aliphatic carbocycles. The summed E-state index contributed by atoms with van der Waals surface area (Å²) in [7, 11) is 0. The standard InChI is InChI=1S/C14H17FN2O4/c1-8(2)14-17-16-12(21-14)7-20-13-9(5-18)3-11(15)4-10(13)6-19/h3-4,8,18-19H,5-7H2,1-2H3. The van der Waals surface area contributed by atoms with Crippen LogP contribution in [-0.2, 0) is 19.8 Å². The molecule has 1 aromatic heterocycles. The molecule has 2 aromatic rings. The van der Waals surface area contributed by atoms with Gasteiger partial charge in [0.2, 0.25) is 5.89 Å². The van der Waals surface area contributed by atoms with Gasteiger partial charge in [0.05, 0.1) is 13.2 Å². The van der Waals surface area contributed by atoms with Crippen LogP contribution in [0.2, 0.25) is 0 Å².